The average molecular weight is 672 g/mol. The van der Waals surface area contributed by atoms with Crippen LogP contribution in [0.15, 0.2) is 121 Å². The number of nitrogens with zero attached hydrogens (tertiary/aromatic N) is 1. The molecule has 1 heterocycles. The molecule has 1 nitrogen and oxygen atoms in total. The monoisotopic (exact) mass is 671 g/mol. The fraction of sp³-hybridized carbons (Fsp3) is 0.216. The lowest BCUT2D eigenvalue weighted by atomic mass is 9.78. The smallest absolute Gasteiger partial charge is 0.0541 e. The molecule has 52 heavy (non-hydrogen) atoms. The van der Waals surface area contributed by atoms with Gasteiger partial charge in [-0.1, -0.05) is 110 Å². The molecule has 0 saturated carbocycles. The first-order valence-electron chi connectivity index (χ1n) is 19.1. The Bertz CT molecular complexity index is 2760. The first kappa shape index (κ1) is 31.3. The summed E-state index contributed by atoms with van der Waals surface area (Å²) in [5.41, 5.74) is 25.8. The number of hydrogen-bond donors (Lipinski definition) is 0. The molecule has 0 fully saturated rings. The van der Waals surface area contributed by atoms with E-state index in [9.17, 15) is 0 Å². The second-order valence-electron chi connectivity index (χ2n) is 16.3. The highest BCUT2D eigenvalue weighted by atomic mass is 15.0. The molecule has 7 aromatic rings. The van der Waals surface area contributed by atoms with Gasteiger partial charge in [0, 0.05) is 27.8 Å². The van der Waals surface area contributed by atoms with Gasteiger partial charge in [0.15, 0.2) is 0 Å². The van der Waals surface area contributed by atoms with Crippen LogP contribution in [-0.4, -0.2) is 4.57 Å². The molecule has 3 aliphatic carbocycles. The van der Waals surface area contributed by atoms with Crippen molar-refractivity contribution in [3.05, 3.63) is 165 Å². The standard InChI is InChI=1S/C51H45N/c1-29-12-14-31(3)42(24-29)43-26-34(16-15-32(43)4)35-17-23-48-45(27-35)44-25-30(2)13-22-47(44)52(48)36-18-19-39-41-21-20-38-33(5)37-10-8-9-11-40(37)49(38)50(41)51(6,7)46(39)28-36/h9,11-28,33H,8,10H2,1-7H3. The van der Waals surface area contributed by atoms with Gasteiger partial charge in [-0.25, -0.2) is 0 Å². The Hall–Kier alpha value is -5.40. The third-order valence-electron chi connectivity index (χ3n) is 12.7. The maximum absolute atomic E-state index is 2.50. The normalized spacial score (nSPS) is 16.8. The minimum Gasteiger partial charge on any atom is -0.309 e. The molecular weight excluding hydrogens is 627 g/mol. The molecule has 0 bridgehead atoms. The third kappa shape index (κ3) is 4.35. The Morgan fingerprint density at radius 2 is 1.27 bits per heavy atom. The Kier molecular flexibility index (Phi) is 6.66. The van der Waals surface area contributed by atoms with Crippen LogP contribution in [0.1, 0.15) is 84.0 Å². The Morgan fingerprint density at radius 3 is 2.10 bits per heavy atom. The van der Waals surface area contributed by atoms with E-state index in [-0.39, 0.29) is 5.41 Å². The van der Waals surface area contributed by atoms with Crippen LogP contribution in [0.25, 0.3) is 66.4 Å². The molecule has 0 saturated heterocycles. The summed E-state index contributed by atoms with van der Waals surface area (Å²) >= 11 is 0. The summed E-state index contributed by atoms with van der Waals surface area (Å²) in [6, 6.07) is 39.9. The highest BCUT2D eigenvalue weighted by Crippen LogP contribution is 2.57. The van der Waals surface area contributed by atoms with Crippen LogP contribution in [0.4, 0.5) is 0 Å². The number of aryl methyl sites for hydroxylation is 4. The van der Waals surface area contributed by atoms with Crippen LogP contribution in [-0.2, 0) is 5.41 Å². The maximum Gasteiger partial charge on any atom is 0.0541 e. The summed E-state index contributed by atoms with van der Waals surface area (Å²) in [6.07, 6.45) is 7.14. The minimum absolute atomic E-state index is 0.110. The molecule has 0 N–H and O–H groups in total. The second-order valence-corrected chi connectivity index (χ2v) is 16.3. The van der Waals surface area contributed by atoms with Gasteiger partial charge in [-0.15, -0.1) is 0 Å². The van der Waals surface area contributed by atoms with Gasteiger partial charge in [0.25, 0.3) is 0 Å². The Balaban J connectivity index is 1.13. The fourth-order valence-corrected chi connectivity index (χ4v) is 9.98. The summed E-state index contributed by atoms with van der Waals surface area (Å²) in [6.45, 7) is 16.2. The quantitative estimate of drug-likeness (QED) is 0.176. The molecule has 1 aromatic heterocycles. The molecule has 0 amide bonds. The van der Waals surface area contributed by atoms with E-state index in [0.29, 0.717) is 5.92 Å². The molecule has 254 valence electrons. The van der Waals surface area contributed by atoms with E-state index in [4.69, 9.17) is 0 Å². The number of fused-ring (bicyclic) bond motifs is 9. The van der Waals surface area contributed by atoms with Gasteiger partial charge in [0.1, 0.15) is 0 Å². The summed E-state index contributed by atoms with van der Waals surface area (Å²) in [5, 5.41) is 2.60. The van der Waals surface area contributed by atoms with Crippen LogP contribution in [0.2, 0.25) is 0 Å². The van der Waals surface area contributed by atoms with Crippen molar-refractivity contribution in [1.82, 2.24) is 4.57 Å². The zero-order valence-corrected chi connectivity index (χ0v) is 31.4. The number of benzene rings is 6. The van der Waals surface area contributed by atoms with Crippen molar-refractivity contribution in [3.8, 4) is 39.1 Å². The zero-order valence-electron chi connectivity index (χ0n) is 31.4. The zero-order chi connectivity index (χ0) is 35.6. The van der Waals surface area contributed by atoms with Gasteiger partial charge in [-0.2, -0.15) is 0 Å². The van der Waals surface area contributed by atoms with E-state index in [0.717, 1.165) is 6.42 Å². The van der Waals surface area contributed by atoms with Crippen molar-refractivity contribution in [2.75, 3.05) is 0 Å². The largest absolute Gasteiger partial charge is 0.309 e. The van der Waals surface area contributed by atoms with E-state index in [1.54, 1.807) is 5.57 Å². The summed E-state index contributed by atoms with van der Waals surface area (Å²) in [7, 11) is 0. The van der Waals surface area contributed by atoms with E-state index >= 15 is 0 Å². The Labute approximate surface area is 308 Å². The SMILES string of the molecule is Cc1ccc(C)c(-c2cc(-c3ccc4c(c3)c3cc(C)ccc3n4-c3ccc4c(c3)C(C)(C)c3c-4ccc4c3C3=C(CCC=C3)C4C)ccc2C)c1. The van der Waals surface area contributed by atoms with E-state index in [1.165, 1.54) is 117 Å². The summed E-state index contributed by atoms with van der Waals surface area (Å²) in [5.74, 6) is 0.499. The van der Waals surface area contributed by atoms with Crippen LogP contribution < -0.4 is 0 Å². The van der Waals surface area contributed by atoms with Crippen LogP contribution in [0, 0.1) is 27.7 Å². The first-order valence-corrected chi connectivity index (χ1v) is 19.1. The number of rotatable bonds is 3. The minimum atomic E-state index is -0.110. The fourth-order valence-electron chi connectivity index (χ4n) is 9.98. The molecule has 1 unspecified atom stereocenters. The van der Waals surface area contributed by atoms with Gasteiger partial charge in [-0.3, -0.25) is 0 Å². The second kappa shape index (κ2) is 11.1. The molecule has 0 aliphatic heterocycles. The molecule has 3 aliphatic rings. The molecule has 1 heteroatoms. The van der Waals surface area contributed by atoms with Gasteiger partial charge in [0.2, 0.25) is 0 Å². The predicted molar refractivity (Wildman–Crippen MR) is 222 cm³/mol. The number of aromatic nitrogens is 1. The number of hydrogen-bond acceptors (Lipinski definition) is 0. The highest BCUT2D eigenvalue weighted by Gasteiger charge is 2.42. The van der Waals surface area contributed by atoms with E-state index < -0.39 is 0 Å². The topological polar surface area (TPSA) is 4.93 Å². The lowest BCUT2D eigenvalue weighted by Gasteiger charge is -2.26. The molecule has 0 spiro atoms. The molecule has 0 radical (unpaired) electrons. The maximum atomic E-state index is 2.50. The van der Waals surface area contributed by atoms with Crippen molar-refractivity contribution in [2.24, 2.45) is 0 Å². The Morgan fingerprint density at radius 1 is 0.615 bits per heavy atom. The highest BCUT2D eigenvalue weighted by molar-refractivity contribution is 6.11. The lowest BCUT2D eigenvalue weighted by Crippen LogP contribution is -2.18. The van der Waals surface area contributed by atoms with Crippen LogP contribution in [0.3, 0.4) is 0 Å². The van der Waals surface area contributed by atoms with Gasteiger partial charge in [-0.05, 0) is 155 Å². The lowest BCUT2D eigenvalue weighted by molar-refractivity contribution is 0.657. The predicted octanol–water partition coefficient (Wildman–Crippen LogP) is 13.9. The van der Waals surface area contributed by atoms with E-state index in [2.05, 4.69) is 168 Å². The van der Waals surface area contributed by atoms with Crippen molar-refractivity contribution in [1.29, 1.82) is 0 Å². The average Bonchev–Trinajstić information content (AvgIpc) is 3.71. The first-order chi connectivity index (χ1) is 25.1. The third-order valence-corrected chi connectivity index (χ3v) is 12.7. The van der Waals surface area contributed by atoms with Crippen molar-refractivity contribution in [3.63, 3.8) is 0 Å². The van der Waals surface area contributed by atoms with Crippen molar-refractivity contribution >= 4 is 27.4 Å². The van der Waals surface area contributed by atoms with Crippen molar-refractivity contribution in [2.45, 2.75) is 72.6 Å². The van der Waals surface area contributed by atoms with Crippen molar-refractivity contribution < 1.29 is 0 Å². The van der Waals surface area contributed by atoms with Gasteiger partial charge in [0.05, 0.1) is 11.0 Å². The van der Waals surface area contributed by atoms with Crippen LogP contribution in [0.5, 0.6) is 0 Å². The number of allylic oxidation sites excluding steroid dienone is 4. The van der Waals surface area contributed by atoms with E-state index in [1.807, 2.05) is 0 Å². The summed E-state index contributed by atoms with van der Waals surface area (Å²) < 4.78 is 2.50. The van der Waals surface area contributed by atoms with Crippen LogP contribution >= 0.6 is 0 Å². The molecular formula is C51H45N. The van der Waals surface area contributed by atoms with Gasteiger partial charge < -0.3 is 4.57 Å². The molecule has 1 atom stereocenters. The van der Waals surface area contributed by atoms with Gasteiger partial charge >= 0.3 is 0 Å². The summed E-state index contributed by atoms with van der Waals surface area (Å²) in [4.78, 5) is 0. The molecule has 10 rings (SSSR count). The molecule has 6 aromatic carbocycles.